The molecule has 0 N–H and O–H groups in total. The molecule has 0 unspecified atom stereocenters. The minimum Gasteiger partial charge on any atom is -0.468 e. The van der Waals surface area contributed by atoms with Crippen LogP contribution in [0.5, 0.6) is 0 Å². The maximum absolute atomic E-state index is 13.1. The summed E-state index contributed by atoms with van der Waals surface area (Å²) in [6.07, 6.45) is 2.64. The number of hydrogen-bond donors (Lipinski definition) is 0. The number of sulfonamides is 1. The quantitative estimate of drug-likeness (QED) is 0.620. The lowest BCUT2D eigenvalue weighted by atomic mass is 10.2. The van der Waals surface area contributed by atoms with E-state index in [1.54, 1.807) is 17.0 Å². The van der Waals surface area contributed by atoms with E-state index in [-0.39, 0.29) is 41.1 Å². The number of amides is 1. The molecule has 2 aromatic heterocycles. The molecule has 7 nitrogen and oxygen atoms in total. The number of pyridine rings is 1. The topological polar surface area (TPSA) is 83.7 Å². The molecule has 0 aromatic carbocycles. The third-order valence-electron chi connectivity index (χ3n) is 3.96. The van der Waals surface area contributed by atoms with E-state index in [9.17, 15) is 13.2 Å². The number of halogens is 1. The minimum absolute atomic E-state index is 0.0353. The summed E-state index contributed by atoms with van der Waals surface area (Å²) in [5.41, 5.74) is 0. The molecule has 1 amide bonds. The van der Waals surface area contributed by atoms with Gasteiger partial charge in [-0.3, -0.25) is 4.79 Å². The molecule has 2 aromatic rings. The second kappa shape index (κ2) is 8.86. The molecule has 0 aliphatic rings. The van der Waals surface area contributed by atoms with Crippen LogP contribution in [0.4, 0.5) is 0 Å². The van der Waals surface area contributed by atoms with Crippen LogP contribution >= 0.6 is 11.6 Å². The van der Waals surface area contributed by atoms with Crippen LogP contribution in [-0.2, 0) is 21.4 Å². The molecular weight excluding hydrogens is 390 g/mol. The van der Waals surface area contributed by atoms with Crippen molar-refractivity contribution >= 4 is 27.5 Å². The van der Waals surface area contributed by atoms with Crippen LogP contribution in [0.1, 0.15) is 33.5 Å². The van der Waals surface area contributed by atoms with Gasteiger partial charge in [-0.1, -0.05) is 11.6 Å². The Balaban J connectivity index is 2.36. The van der Waals surface area contributed by atoms with Crippen molar-refractivity contribution in [1.82, 2.24) is 14.2 Å². The molecule has 0 spiro atoms. The van der Waals surface area contributed by atoms with Crippen LogP contribution in [0.3, 0.4) is 0 Å². The van der Waals surface area contributed by atoms with E-state index < -0.39 is 10.0 Å². The minimum atomic E-state index is -3.97. The number of hydrogen-bond acceptors (Lipinski definition) is 5. The first-order chi connectivity index (χ1) is 12.6. The Kier molecular flexibility index (Phi) is 7.02. The summed E-state index contributed by atoms with van der Waals surface area (Å²) in [4.78, 5) is 18.3. The Hall–Kier alpha value is -1.90. The third kappa shape index (κ3) is 5.31. The number of rotatable bonds is 8. The standard InChI is InChI=1S/C18H24ClN3O4S/c1-13(2)22(14(3)4)18(23)12-21(11-15-6-5-9-26-15)27(24,25)16-7-8-17(19)20-10-16/h5-10,13-14H,11-12H2,1-4H3. The SMILES string of the molecule is CC(C)N(C(=O)CN(Cc1ccco1)S(=O)(=O)c1ccc(Cl)nc1)C(C)C. The summed E-state index contributed by atoms with van der Waals surface area (Å²) in [5, 5.41) is 0.188. The summed E-state index contributed by atoms with van der Waals surface area (Å²) < 4.78 is 32.6. The monoisotopic (exact) mass is 413 g/mol. The Labute approximate surface area is 165 Å². The van der Waals surface area contributed by atoms with Gasteiger partial charge in [0.15, 0.2) is 0 Å². The van der Waals surface area contributed by atoms with Gasteiger partial charge in [0, 0.05) is 18.3 Å². The van der Waals surface area contributed by atoms with Crippen LogP contribution in [0.15, 0.2) is 46.0 Å². The summed E-state index contributed by atoms with van der Waals surface area (Å²) in [6.45, 7) is 7.22. The van der Waals surface area contributed by atoms with E-state index in [0.29, 0.717) is 5.76 Å². The summed E-state index contributed by atoms with van der Waals surface area (Å²) >= 11 is 5.76. The highest BCUT2D eigenvalue weighted by Crippen LogP contribution is 2.20. The van der Waals surface area contributed by atoms with Crippen LogP contribution in [0.25, 0.3) is 0 Å². The van der Waals surface area contributed by atoms with Crippen molar-refractivity contribution in [1.29, 1.82) is 0 Å². The first kappa shape index (κ1) is 21.4. The highest BCUT2D eigenvalue weighted by atomic mass is 35.5. The van der Waals surface area contributed by atoms with Crippen molar-refractivity contribution in [3.8, 4) is 0 Å². The van der Waals surface area contributed by atoms with E-state index in [4.69, 9.17) is 16.0 Å². The Bertz CT molecular complexity index is 841. The van der Waals surface area contributed by atoms with Crippen molar-refractivity contribution in [2.45, 2.75) is 51.2 Å². The Morgan fingerprint density at radius 1 is 1.19 bits per heavy atom. The predicted molar refractivity (Wildman–Crippen MR) is 103 cm³/mol. The van der Waals surface area contributed by atoms with Gasteiger partial charge in [-0.2, -0.15) is 4.31 Å². The zero-order chi connectivity index (χ0) is 20.2. The fraction of sp³-hybridized carbons (Fsp3) is 0.444. The average molecular weight is 414 g/mol. The second-order valence-electron chi connectivity index (χ2n) is 6.66. The second-order valence-corrected chi connectivity index (χ2v) is 8.98. The summed E-state index contributed by atoms with van der Waals surface area (Å²) in [5.74, 6) is 0.158. The zero-order valence-electron chi connectivity index (χ0n) is 15.8. The van der Waals surface area contributed by atoms with Gasteiger partial charge < -0.3 is 9.32 Å². The normalized spacial score (nSPS) is 12.1. The number of carbonyl (C=O) groups is 1. The van der Waals surface area contributed by atoms with Gasteiger partial charge in [-0.15, -0.1) is 0 Å². The van der Waals surface area contributed by atoms with Crippen molar-refractivity contribution in [2.24, 2.45) is 0 Å². The third-order valence-corrected chi connectivity index (χ3v) is 5.96. The van der Waals surface area contributed by atoms with Crippen LogP contribution in [-0.4, -0.2) is 47.1 Å². The molecule has 27 heavy (non-hydrogen) atoms. The van der Waals surface area contributed by atoms with Gasteiger partial charge in [0.2, 0.25) is 15.9 Å². The summed E-state index contributed by atoms with van der Waals surface area (Å²) in [7, 11) is -3.97. The van der Waals surface area contributed by atoms with Gasteiger partial charge >= 0.3 is 0 Å². The number of furan rings is 1. The molecular formula is C18H24ClN3O4S. The maximum Gasteiger partial charge on any atom is 0.245 e. The Morgan fingerprint density at radius 2 is 1.85 bits per heavy atom. The van der Waals surface area contributed by atoms with E-state index in [0.717, 1.165) is 4.31 Å². The predicted octanol–water partition coefficient (Wildman–Crippen LogP) is 3.16. The lowest BCUT2D eigenvalue weighted by molar-refractivity contribution is -0.135. The maximum atomic E-state index is 13.1. The first-order valence-corrected chi connectivity index (χ1v) is 10.4. The largest absolute Gasteiger partial charge is 0.468 e. The van der Waals surface area contributed by atoms with Crippen LogP contribution in [0, 0.1) is 0 Å². The molecule has 0 bridgehead atoms. The van der Waals surface area contributed by atoms with Crippen LogP contribution < -0.4 is 0 Å². The number of carbonyl (C=O) groups excluding carboxylic acids is 1. The van der Waals surface area contributed by atoms with E-state index in [1.807, 2.05) is 27.7 Å². The molecule has 0 radical (unpaired) electrons. The molecule has 2 rings (SSSR count). The smallest absolute Gasteiger partial charge is 0.245 e. The average Bonchev–Trinajstić information content (AvgIpc) is 3.07. The van der Waals surface area contributed by atoms with Gasteiger partial charge in [0.25, 0.3) is 0 Å². The molecule has 0 fully saturated rings. The zero-order valence-corrected chi connectivity index (χ0v) is 17.4. The highest BCUT2D eigenvalue weighted by Gasteiger charge is 2.31. The molecule has 2 heterocycles. The molecule has 0 saturated heterocycles. The number of nitrogens with zero attached hydrogens (tertiary/aromatic N) is 3. The molecule has 0 saturated carbocycles. The molecule has 148 valence electrons. The van der Waals surface area contributed by atoms with E-state index in [1.165, 1.54) is 24.6 Å². The number of aromatic nitrogens is 1. The van der Waals surface area contributed by atoms with E-state index in [2.05, 4.69) is 4.98 Å². The van der Waals surface area contributed by atoms with E-state index >= 15 is 0 Å². The van der Waals surface area contributed by atoms with Crippen molar-refractivity contribution in [3.05, 3.63) is 47.6 Å². The van der Waals surface area contributed by atoms with Gasteiger partial charge in [0.1, 0.15) is 15.8 Å². The lowest BCUT2D eigenvalue weighted by Crippen LogP contribution is -2.48. The molecule has 9 heteroatoms. The summed E-state index contributed by atoms with van der Waals surface area (Å²) in [6, 6.07) is 5.99. The van der Waals surface area contributed by atoms with Crippen molar-refractivity contribution < 1.29 is 17.6 Å². The van der Waals surface area contributed by atoms with Crippen LogP contribution in [0.2, 0.25) is 5.15 Å². The Morgan fingerprint density at radius 3 is 2.33 bits per heavy atom. The van der Waals surface area contributed by atoms with Gasteiger partial charge in [-0.25, -0.2) is 13.4 Å². The van der Waals surface area contributed by atoms with Crippen molar-refractivity contribution in [2.75, 3.05) is 6.54 Å². The highest BCUT2D eigenvalue weighted by molar-refractivity contribution is 7.89. The fourth-order valence-corrected chi connectivity index (χ4v) is 4.28. The lowest BCUT2D eigenvalue weighted by Gasteiger charge is -2.32. The first-order valence-electron chi connectivity index (χ1n) is 8.58. The van der Waals surface area contributed by atoms with Gasteiger partial charge in [-0.05, 0) is 52.0 Å². The van der Waals surface area contributed by atoms with Gasteiger partial charge in [0.05, 0.1) is 19.4 Å². The van der Waals surface area contributed by atoms with Crippen molar-refractivity contribution in [3.63, 3.8) is 0 Å². The molecule has 0 aliphatic carbocycles. The molecule has 0 aliphatic heterocycles. The fourth-order valence-electron chi connectivity index (χ4n) is 2.87. The molecule has 0 atom stereocenters.